The van der Waals surface area contributed by atoms with E-state index in [-0.39, 0.29) is 11.6 Å². The van der Waals surface area contributed by atoms with Crippen LogP contribution in [-0.4, -0.2) is 23.9 Å². The number of thiophene rings is 1. The first-order valence-corrected chi connectivity index (χ1v) is 9.71. The molecule has 2 aromatic rings. The van der Waals surface area contributed by atoms with E-state index in [1.807, 2.05) is 12.1 Å². The summed E-state index contributed by atoms with van der Waals surface area (Å²) in [7, 11) is 0. The van der Waals surface area contributed by atoms with Crippen molar-refractivity contribution in [2.75, 3.05) is 18.0 Å². The predicted octanol–water partition coefficient (Wildman–Crippen LogP) is 4.34. The van der Waals surface area contributed by atoms with E-state index in [1.54, 1.807) is 17.4 Å². The average molecular weight is 424 g/mol. The van der Waals surface area contributed by atoms with Crippen molar-refractivity contribution in [2.45, 2.75) is 25.8 Å². The molecule has 1 N–H and O–H groups in total. The van der Waals surface area contributed by atoms with E-state index in [1.165, 1.54) is 18.6 Å². The average Bonchev–Trinajstić information content (AvgIpc) is 3.05. The lowest BCUT2D eigenvalue weighted by atomic mass is 10.1. The summed E-state index contributed by atoms with van der Waals surface area (Å²) < 4.78 is 1.00. The molecule has 0 spiro atoms. The second-order valence-electron chi connectivity index (χ2n) is 5.89. The Labute approximate surface area is 158 Å². The maximum atomic E-state index is 12.7. The summed E-state index contributed by atoms with van der Waals surface area (Å²) in [6.45, 7) is 2.14. The van der Waals surface area contributed by atoms with Crippen molar-refractivity contribution >= 4 is 44.5 Å². The van der Waals surface area contributed by atoms with Gasteiger partial charge in [0.15, 0.2) is 0 Å². The molecule has 0 unspecified atom stereocenters. The summed E-state index contributed by atoms with van der Waals surface area (Å²) in [6, 6.07) is 8.41. The van der Waals surface area contributed by atoms with Crippen LogP contribution in [0.4, 0.5) is 11.4 Å². The Morgan fingerprint density at radius 3 is 2.64 bits per heavy atom. The molecule has 132 valence electrons. The second-order valence-corrected chi connectivity index (χ2v) is 8.44. The summed E-state index contributed by atoms with van der Waals surface area (Å²) in [5.41, 5.74) is 1.08. The number of hydrogen-bond acceptors (Lipinski definition) is 5. The fourth-order valence-corrected chi connectivity index (χ4v) is 4.36. The Kier molecular flexibility index (Phi) is 5.70. The van der Waals surface area contributed by atoms with Crippen LogP contribution in [0, 0.1) is 10.1 Å². The van der Waals surface area contributed by atoms with Crippen molar-refractivity contribution in [3.8, 4) is 0 Å². The molecule has 1 aliphatic heterocycles. The SMILES string of the molecule is O=C(NCc1ccc(Br)s1)c1cc([N+](=O)[O-])ccc1N1CCCCC1. The highest BCUT2D eigenvalue weighted by atomic mass is 79.9. The van der Waals surface area contributed by atoms with E-state index in [9.17, 15) is 14.9 Å². The number of piperidine rings is 1. The number of nitro groups is 1. The van der Waals surface area contributed by atoms with Gasteiger partial charge in [0.1, 0.15) is 0 Å². The Morgan fingerprint density at radius 1 is 1.24 bits per heavy atom. The van der Waals surface area contributed by atoms with Crippen molar-refractivity contribution in [3.05, 3.63) is 54.7 Å². The number of nitrogens with one attached hydrogen (secondary N) is 1. The minimum absolute atomic E-state index is 0.0650. The molecular weight excluding hydrogens is 406 g/mol. The summed E-state index contributed by atoms with van der Waals surface area (Å²) >= 11 is 4.95. The van der Waals surface area contributed by atoms with Crippen LogP contribution in [0.5, 0.6) is 0 Å². The van der Waals surface area contributed by atoms with Crippen molar-refractivity contribution in [2.24, 2.45) is 0 Å². The molecule has 3 rings (SSSR count). The van der Waals surface area contributed by atoms with Gasteiger partial charge in [-0.25, -0.2) is 0 Å². The minimum atomic E-state index is -0.465. The Balaban J connectivity index is 1.83. The molecule has 6 nitrogen and oxygen atoms in total. The number of amides is 1. The normalized spacial score (nSPS) is 14.4. The molecule has 8 heteroatoms. The van der Waals surface area contributed by atoms with Crippen LogP contribution in [0.2, 0.25) is 0 Å². The van der Waals surface area contributed by atoms with Gasteiger partial charge in [0.05, 0.1) is 26.5 Å². The minimum Gasteiger partial charge on any atom is -0.371 e. The summed E-state index contributed by atoms with van der Waals surface area (Å²) in [4.78, 5) is 26.5. The summed E-state index contributed by atoms with van der Waals surface area (Å²) in [5.74, 6) is -0.284. The molecule has 0 radical (unpaired) electrons. The van der Waals surface area contributed by atoms with Crippen molar-refractivity contribution in [1.29, 1.82) is 0 Å². The molecule has 0 saturated carbocycles. The number of rotatable bonds is 5. The molecule has 1 aromatic heterocycles. The van der Waals surface area contributed by atoms with E-state index in [2.05, 4.69) is 26.1 Å². The maximum absolute atomic E-state index is 12.7. The highest BCUT2D eigenvalue weighted by Crippen LogP contribution is 2.28. The Morgan fingerprint density at radius 2 is 2.00 bits per heavy atom. The van der Waals surface area contributed by atoms with Crippen LogP contribution in [0.1, 0.15) is 34.5 Å². The lowest BCUT2D eigenvalue weighted by Crippen LogP contribution is -2.32. The summed E-state index contributed by atoms with van der Waals surface area (Å²) in [6.07, 6.45) is 3.32. The first kappa shape index (κ1) is 17.9. The van der Waals surface area contributed by atoms with Crippen LogP contribution in [0.3, 0.4) is 0 Å². The van der Waals surface area contributed by atoms with E-state index in [4.69, 9.17) is 0 Å². The lowest BCUT2D eigenvalue weighted by Gasteiger charge is -2.30. The number of carbonyl (C=O) groups excluding carboxylic acids is 1. The summed E-state index contributed by atoms with van der Waals surface area (Å²) in [5, 5.41) is 14.0. The molecule has 1 aromatic carbocycles. The van der Waals surface area contributed by atoms with Crippen molar-refractivity contribution < 1.29 is 9.72 Å². The Hall–Kier alpha value is -1.93. The smallest absolute Gasteiger partial charge is 0.270 e. The third-order valence-corrected chi connectivity index (χ3v) is 5.81. The zero-order chi connectivity index (χ0) is 17.8. The van der Waals surface area contributed by atoms with Gasteiger partial charge in [-0.05, 0) is 53.4 Å². The van der Waals surface area contributed by atoms with E-state index in [0.29, 0.717) is 12.1 Å². The van der Waals surface area contributed by atoms with E-state index >= 15 is 0 Å². The zero-order valence-electron chi connectivity index (χ0n) is 13.5. The van der Waals surface area contributed by atoms with Crippen molar-refractivity contribution in [3.63, 3.8) is 0 Å². The molecule has 25 heavy (non-hydrogen) atoms. The quantitative estimate of drug-likeness (QED) is 0.573. The molecule has 1 amide bonds. The predicted molar refractivity (Wildman–Crippen MR) is 102 cm³/mol. The largest absolute Gasteiger partial charge is 0.371 e. The highest BCUT2D eigenvalue weighted by Gasteiger charge is 2.21. The van der Waals surface area contributed by atoms with Gasteiger partial charge >= 0.3 is 0 Å². The van der Waals surface area contributed by atoms with Gasteiger partial charge in [0.25, 0.3) is 11.6 Å². The lowest BCUT2D eigenvalue weighted by molar-refractivity contribution is -0.384. The van der Waals surface area contributed by atoms with Gasteiger partial charge in [-0.2, -0.15) is 0 Å². The number of hydrogen-bond donors (Lipinski definition) is 1. The van der Waals surface area contributed by atoms with Crippen LogP contribution < -0.4 is 10.2 Å². The van der Waals surface area contributed by atoms with Gasteiger partial charge < -0.3 is 10.2 Å². The monoisotopic (exact) mass is 423 g/mol. The van der Waals surface area contributed by atoms with Crippen LogP contribution in [0.15, 0.2) is 34.1 Å². The molecule has 2 heterocycles. The fraction of sp³-hybridized carbons (Fsp3) is 0.353. The topological polar surface area (TPSA) is 75.5 Å². The molecule has 1 saturated heterocycles. The zero-order valence-corrected chi connectivity index (χ0v) is 15.9. The van der Waals surface area contributed by atoms with E-state index < -0.39 is 4.92 Å². The van der Waals surface area contributed by atoms with Crippen LogP contribution >= 0.6 is 27.3 Å². The van der Waals surface area contributed by atoms with Gasteiger partial charge in [0.2, 0.25) is 0 Å². The standard InChI is InChI=1S/C17H18BrN3O3S/c18-16-7-5-13(25-16)11-19-17(22)14-10-12(21(23)24)4-6-15(14)20-8-2-1-3-9-20/h4-7,10H,1-3,8-9,11H2,(H,19,22). The molecule has 0 bridgehead atoms. The second kappa shape index (κ2) is 7.97. The number of halogens is 1. The van der Waals surface area contributed by atoms with Crippen molar-refractivity contribution in [1.82, 2.24) is 5.32 Å². The number of benzene rings is 1. The number of nitro benzene ring substituents is 1. The first-order valence-electron chi connectivity index (χ1n) is 8.10. The van der Waals surface area contributed by atoms with Crippen LogP contribution in [0.25, 0.3) is 0 Å². The third kappa shape index (κ3) is 4.38. The van der Waals surface area contributed by atoms with Gasteiger partial charge in [-0.3, -0.25) is 14.9 Å². The molecule has 1 fully saturated rings. The van der Waals surface area contributed by atoms with Gasteiger partial charge in [-0.15, -0.1) is 11.3 Å². The number of carbonyl (C=O) groups is 1. The van der Waals surface area contributed by atoms with E-state index in [0.717, 1.165) is 40.3 Å². The third-order valence-electron chi connectivity index (χ3n) is 4.18. The fourth-order valence-electron chi connectivity index (χ4n) is 2.94. The first-order chi connectivity index (χ1) is 12.0. The van der Waals surface area contributed by atoms with Gasteiger partial charge in [-0.1, -0.05) is 0 Å². The number of nitrogens with zero attached hydrogens (tertiary/aromatic N) is 2. The number of anilines is 1. The number of non-ortho nitro benzene ring substituents is 1. The molecule has 0 aliphatic carbocycles. The Bertz CT molecular complexity index is 787. The molecule has 0 atom stereocenters. The highest BCUT2D eigenvalue weighted by molar-refractivity contribution is 9.11. The van der Waals surface area contributed by atoms with Crippen LogP contribution in [-0.2, 0) is 6.54 Å². The molecular formula is C17H18BrN3O3S. The molecule has 1 aliphatic rings. The maximum Gasteiger partial charge on any atom is 0.270 e. The van der Waals surface area contributed by atoms with Gasteiger partial charge in [0, 0.05) is 30.1 Å².